The van der Waals surface area contributed by atoms with E-state index in [4.69, 9.17) is 16.3 Å². The van der Waals surface area contributed by atoms with Crippen LogP contribution in [-0.4, -0.2) is 49.4 Å². The van der Waals surface area contributed by atoms with Crippen LogP contribution < -0.4 is 4.90 Å². The zero-order valence-electron chi connectivity index (χ0n) is 15.0. The Balaban J connectivity index is 1.77. The molecule has 0 saturated carbocycles. The van der Waals surface area contributed by atoms with Crippen LogP contribution in [0.15, 0.2) is 18.2 Å². The highest BCUT2D eigenvalue weighted by Gasteiger charge is 2.38. The number of piperidine rings is 1. The zero-order valence-corrected chi connectivity index (χ0v) is 15.8. The van der Waals surface area contributed by atoms with Crippen LogP contribution >= 0.6 is 11.6 Å². The van der Waals surface area contributed by atoms with E-state index in [1.54, 1.807) is 18.2 Å². The lowest BCUT2D eigenvalue weighted by Gasteiger charge is -2.32. The van der Waals surface area contributed by atoms with Gasteiger partial charge in [-0.15, -0.1) is 0 Å². The van der Waals surface area contributed by atoms with Gasteiger partial charge < -0.3 is 14.5 Å². The minimum Gasteiger partial charge on any atom is -0.465 e. The molecule has 1 aromatic rings. The first-order chi connectivity index (χ1) is 12.4. The topological polar surface area (TPSA) is 66.9 Å². The number of methoxy groups -OCH3 is 1. The third-order valence-electron chi connectivity index (χ3n) is 5.10. The number of rotatable bonds is 3. The first kappa shape index (κ1) is 18.7. The Kier molecular flexibility index (Phi) is 5.51. The highest BCUT2D eigenvalue weighted by atomic mass is 35.5. The molecule has 0 radical (unpaired) electrons. The predicted octanol–water partition coefficient (Wildman–Crippen LogP) is 2.74. The van der Waals surface area contributed by atoms with Gasteiger partial charge in [0.15, 0.2) is 0 Å². The lowest BCUT2D eigenvalue weighted by atomic mass is 9.98. The number of hydrogen-bond donors (Lipinski definition) is 0. The fourth-order valence-corrected chi connectivity index (χ4v) is 3.94. The first-order valence-corrected chi connectivity index (χ1v) is 9.25. The molecule has 0 bridgehead atoms. The van der Waals surface area contributed by atoms with Crippen molar-refractivity contribution in [2.24, 2.45) is 11.8 Å². The van der Waals surface area contributed by atoms with E-state index in [2.05, 4.69) is 6.92 Å². The molecule has 6 nitrogen and oxygen atoms in total. The number of anilines is 1. The maximum atomic E-state index is 12.8. The minimum absolute atomic E-state index is 0.0349. The van der Waals surface area contributed by atoms with E-state index in [9.17, 15) is 14.4 Å². The van der Waals surface area contributed by atoms with Crippen molar-refractivity contribution in [2.75, 3.05) is 31.6 Å². The maximum absolute atomic E-state index is 12.8. The highest BCUT2D eigenvalue weighted by Crippen LogP contribution is 2.33. The summed E-state index contributed by atoms with van der Waals surface area (Å²) in [6, 6.07) is 4.66. The second-order valence-corrected chi connectivity index (χ2v) is 7.50. The van der Waals surface area contributed by atoms with E-state index >= 15 is 0 Å². The molecular formula is C19H23ClN2O4. The number of likely N-dealkylation sites (tertiary alicyclic amines) is 1. The molecule has 26 heavy (non-hydrogen) atoms. The molecule has 2 aliphatic heterocycles. The molecule has 2 heterocycles. The Hall–Kier alpha value is -2.08. The molecule has 1 aromatic carbocycles. The van der Waals surface area contributed by atoms with Gasteiger partial charge in [-0.25, -0.2) is 4.79 Å². The molecule has 2 fully saturated rings. The van der Waals surface area contributed by atoms with Gasteiger partial charge in [-0.05, 0) is 37.0 Å². The Morgan fingerprint density at radius 2 is 2.04 bits per heavy atom. The van der Waals surface area contributed by atoms with Crippen molar-refractivity contribution in [3.63, 3.8) is 0 Å². The van der Waals surface area contributed by atoms with Crippen molar-refractivity contribution in [2.45, 2.75) is 26.2 Å². The number of hydrogen-bond acceptors (Lipinski definition) is 4. The third kappa shape index (κ3) is 3.70. The van der Waals surface area contributed by atoms with Gasteiger partial charge in [-0.1, -0.05) is 18.5 Å². The first-order valence-electron chi connectivity index (χ1n) is 8.87. The average Bonchev–Trinajstić information content (AvgIpc) is 3.02. The molecule has 2 saturated heterocycles. The van der Waals surface area contributed by atoms with Crippen LogP contribution in [0.2, 0.25) is 5.02 Å². The van der Waals surface area contributed by atoms with Crippen molar-refractivity contribution in [1.29, 1.82) is 0 Å². The summed E-state index contributed by atoms with van der Waals surface area (Å²) in [6.07, 6.45) is 2.31. The Morgan fingerprint density at radius 3 is 2.73 bits per heavy atom. The fourth-order valence-electron chi connectivity index (χ4n) is 3.72. The predicted molar refractivity (Wildman–Crippen MR) is 98.2 cm³/mol. The molecule has 0 spiro atoms. The number of ether oxygens (including phenoxy) is 1. The summed E-state index contributed by atoms with van der Waals surface area (Å²) in [4.78, 5) is 40.5. The van der Waals surface area contributed by atoms with Crippen molar-refractivity contribution < 1.29 is 19.1 Å². The van der Waals surface area contributed by atoms with Crippen LogP contribution in [0.4, 0.5) is 5.69 Å². The van der Waals surface area contributed by atoms with Crippen molar-refractivity contribution in [1.82, 2.24) is 4.90 Å². The lowest BCUT2D eigenvalue weighted by Crippen LogP contribution is -2.43. The van der Waals surface area contributed by atoms with E-state index in [1.807, 2.05) is 4.90 Å². The minimum atomic E-state index is -0.496. The van der Waals surface area contributed by atoms with Gasteiger partial charge in [0.05, 0.1) is 29.3 Å². The molecule has 2 aliphatic rings. The van der Waals surface area contributed by atoms with E-state index in [0.717, 1.165) is 25.9 Å². The quantitative estimate of drug-likeness (QED) is 0.758. The molecule has 2 unspecified atom stereocenters. The van der Waals surface area contributed by atoms with Gasteiger partial charge in [0.1, 0.15) is 0 Å². The fraction of sp³-hybridized carbons (Fsp3) is 0.526. The van der Waals surface area contributed by atoms with Gasteiger partial charge in [0.2, 0.25) is 11.8 Å². The molecule has 7 heteroatoms. The van der Waals surface area contributed by atoms with Crippen LogP contribution in [0.3, 0.4) is 0 Å². The largest absolute Gasteiger partial charge is 0.465 e. The van der Waals surface area contributed by atoms with Gasteiger partial charge >= 0.3 is 5.97 Å². The number of benzene rings is 1. The van der Waals surface area contributed by atoms with Crippen molar-refractivity contribution >= 4 is 35.1 Å². The second kappa shape index (κ2) is 7.66. The second-order valence-electron chi connectivity index (χ2n) is 7.09. The molecular weight excluding hydrogens is 356 g/mol. The average molecular weight is 379 g/mol. The van der Waals surface area contributed by atoms with E-state index < -0.39 is 5.97 Å². The Morgan fingerprint density at radius 1 is 1.27 bits per heavy atom. The number of nitrogens with zero attached hydrogens (tertiary/aromatic N) is 2. The van der Waals surface area contributed by atoms with E-state index in [0.29, 0.717) is 22.2 Å². The summed E-state index contributed by atoms with van der Waals surface area (Å²) in [7, 11) is 1.30. The summed E-state index contributed by atoms with van der Waals surface area (Å²) in [5, 5.41) is 0.366. The summed E-state index contributed by atoms with van der Waals surface area (Å²) >= 11 is 6.24. The molecule has 140 valence electrons. The molecule has 0 aliphatic carbocycles. The summed E-state index contributed by atoms with van der Waals surface area (Å²) < 4.78 is 4.72. The molecule has 3 rings (SSSR count). The van der Waals surface area contributed by atoms with Crippen molar-refractivity contribution in [3.8, 4) is 0 Å². The Bertz CT molecular complexity index is 736. The normalized spacial score (nSPS) is 23.3. The van der Waals surface area contributed by atoms with E-state index in [1.165, 1.54) is 12.0 Å². The standard InChI is InChI=1S/C19H23ClN2O4/c1-12-4-3-7-21(10-12)18(24)14-9-17(23)22(11-14)16-8-13(19(25)26-2)5-6-15(16)20/h5-6,8,12,14H,3-4,7,9-11H2,1-2H3. The van der Waals surface area contributed by atoms with Crippen LogP contribution in [0.5, 0.6) is 0 Å². The summed E-state index contributed by atoms with van der Waals surface area (Å²) in [5.74, 6) is -0.493. The number of carbonyl (C=O) groups is 3. The number of carbonyl (C=O) groups excluding carboxylic acids is 3. The van der Waals surface area contributed by atoms with Gasteiger partial charge in [0.25, 0.3) is 0 Å². The Labute approximate surface area is 158 Å². The van der Waals surface area contributed by atoms with Crippen LogP contribution in [0.1, 0.15) is 36.5 Å². The van der Waals surface area contributed by atoms with Gasteiger partial charge in [-0.3, -0.25) is 9.59 Å². The summed E-state index contributed by atoms with van der Waals surface area (Å²) in [5.41, 5.74) is 0.765. The third-order valence-corrected chi connectivity index (χ3v) is 5.42. The molecule has 2 amide bonds. The maximum Gasteiger partial charge on any atom is 0.337 e. The number of esters is 1. The van der Waals surface area contributed by atoms with E-state index in [-0.39, 0.29) is 30.7 Å². The van der Waals surface area contributed by atoms with Crippen LogP contribution in [0.25, 0.3) is 0 Å². The highest BCUT2D eigenvalue weighted by molar-refractivity contribution is 6.34. The van der Waals surface area contributed by atoms with Gasteiger partial charge in [-0.2, -0.15) is 0 Å². The summed E-state index contributed by atoms with van der Waals surface area (Å²) in [6.45, 7) is 3.94. The molecule has 2 atom stereocenters. The SMILES string of the molecule is COC(=O)c1ccc(Cl)c(N2CC(C(=O)N3CCCC(C)C3)CC2=O)c1. The number of halogens is 1. The monoisotopic (exact) mass is 378 g/mol. The van der Waals surface area contributed by atoms with Gasteiger partial charge in [0, 0.05) is 26.1 Å². The zero-order chi connectivity index (χ0) is 18.8. The van der Waals surface area contributed by atoms with Crippen molar-refractivity contribution in [3.05, 3.63) is 28.8 Å². The van der Waals surface area contributed by atoms with Crippen LogP contribution in [0, 0.1) is 11.8 Å². The smallest absolute Gasteiger partial charge is 0.337 e. The lowest BCUT2D eigenvalue weighted by molar-refractivity contribution is -0.137. The molecule has 0 aromatic heterocycles. The van der Waals surface area contributed by atoms with Crippen LogP contribution in [-0.2, 0) is 14.3 Å². The molecule has 0 N–H and O–H groups in total. The number of amides is 2.